The van der Waals surface area contributed by atoms with Crippen molar-refractivity contribution in [3.63, 3.8) is 0 Å². The predicted octanol–water partition coefficient (Wildman–Crippen LogP) is 3.20. The summed E-state index contributed by atoms with van der Waals surface area (Å²) < 4.78 is 11.1. The van der Waals surface area contributed by atoms with Crippen LogP contribution in [0.5, 0.6) is 0 Å². The average molecular weight is 567 g/mol. The second-order valence-corrected chi connectivity index (χ2v) is 14.8. The summed E-state index contributed by atoms with van der Waals surface area (Å²) in [4.78, 5) is 13.2. The van der Waals surface area contributed by atoms with Crippen molar-refractivity contribution in [3.05, 3.63) is 0 Å². The Balaban J connectivity index is 1.09. The Bertz CT molecular complexity index is 881. The normalized spacial score (nSPS) is 49.5. The van der Waals surface area contributed by atoms with Gasteiger partial charge in [-0.2, -0.15) is 0 Å². The van der Waals surface area contributed by atoms with E-state index in [2.05, 4.69) is 13.8 Å². The van der Waals surface area contributed by atoms with Crippen LogP contribution < -0.4 is 0 Å². The molecular formula is C32H54O8. The van der Waals surface area contributed by atoms with Crippen molar-refractivity contribution in [1.82, 2.24) is 0 Å². The zero-order chi connectivity index (χ0) is 28.8. The van der Waals surface area contributed by atoms with E-state index in [4.69, 9.17) is 9.47 Å². The molecule has 0 aromatic carbocycles. The number of carbonyl (C=O) groups is 1. The zero-order valence-corrected chi connectivity index (χ0v) is 24.8. The van der Waals surface area contributed by atoms with Gasteiger partial charge in [-0.3, -0.25) is 4.79 Å². The fourth-order valence-corrected chi connectivity index (χ4v) is 10.0. The third-order valence-corrected chi connectivity index (χ3v) is 12.6. The van der Waals surface area contributed by atoms with Crippen LogP contribution >= 0.6 is 0 Å². The van der Waals surface area contributed by atoms with Gasteiger partial charge in [0.2, 0.25) is 0 Å². The maximum Gasteiger partial charge on any atom is 0.186 e. The van der Waals surface area contributed by atoms with Crippen LogP contribution in [-0.2, 0) is 14.3 Å². The smallest absolute Gasteiger partial charge is 0.186 e. The lowest BCUT2D eigenvalue weighted by Crippen LogP contribution is -2.59. The molecule has 230 valence electrons. The molecule has 1 heterocycles. The molecule has 14 unspecified atom stereocenters. The zero-order valence-electron chi connectivity index (χ0n) is 24.8. The molecule has 4 saturated carbocycles. The molecule has 0 radical (unpaired) electrons. The third kappa shape index (κ3) is 5.68. The monoisotopic (exact) mass is 566 g/mol. The number of hydrogen-bond donors (Lipinski definition) is 5. The second-order valence-electron chi connectivity index (χ2n) is 14.8. The van der Waals surface area contributed by atoms with Gasteiger partial charge in [0.15, 0.2) is 6.29 Å². The van der Waals surface area contributed by atoms with Crippen molar-refractivity contribution in [1.29, 1.82) is 0 Å². The summed E-state index contributed by atoms with van der Waals surface area (Å²) in [5, 5.41) is 49.7. The van der Waals surface area contributed by atoms with Gasteiger partial charge in [0.05, 0.1) is 19.3 Å². The summed E-state index contributed by atoms with van der Waals surface area (Å²) in [5.74, 6) is 3.79. The van der Waals surface area contributed by atoms with Gasteiger partial charge >= 0.3 is 0 Å². The summed E-state index contributed by atoms with van der Waals surface area (Å²) in [5.41, 5.74) is 0.636. The van der Waals surface area contributed by atoms with Gasteiger partial charge in [-0.15, -0.1) is 0 Å². The fraction of sp³-hybridized carbons (Fsp3) is 0.969. The summed E-state index contributed by atoms with van der Waals surface area (Å²) in [6, 6.07) is 0. The lowest BCUT2D eigenvalue weighted by molar-refractivity contribution is -0.303. The molecule has 5 fully saturated rings. The van der Waals surface area contributed by atoms with Crippen molar-refractivity contribution in [2.45, 2.75) is 135 Å². The first kappa shape index (κ1) is 30.8. The van der Waals surface area contributed by atoms with Crippen LogP contribution in [-0.4, -0.2) is 81.3 Å². The molecule has 5 N–H and O–H groups in total. The largest absolute Gasteiger partial charge is 0.394 e. The quantitative estimate of drug-likeness (QED) is 0.287. The first-order valence-corrected chi connectivity index (χ1v) is 16.1. The highest BCUT2D eigenvalue weighted by molar-refractivity contribution is 5.78. The lowest BCUT2D eigenvalue weighted by Gasteiger charge is -2.61. The van der Waals surface area contributed by atoms with Gasteiger partial charge < -0.3 is 35.0 Å². The van der Waals surface area contributed by atoms with E-state index < -0.39 is 37.3 Å². The Morgan fingerprint density at radius 2 is 1.65 bits per heavy atom. The standard InChI is InChI=1S/C32H54O8/c1-18(17-39-30-29(38)28(37)27(36)26(16-33)40-30)4-7-21(34)14-20-6-9-24-23-8-5-19-15-22(35)10-12-31(19,2)25(23)11-13-32(20,24)3/h18-20,22-30,33,35-38H,4-17H2,1-3H3. The number of ether oxygens (including phenoxy) is 2. The van der Waals surface area contributed by atoms with Crippen LogP contribution in [0.4, 0.5) is 0 Å². The van der Waals surface area contributed by atoms with Gasteiger partial charge in [-0.1, -0.05) is 20.8 Å². The minimum absolute atomic E-state index is 0.0589. The van der Waals surface area contributed by atoms with E-state index in [1.165, 1.54) is 38.5 Å². The molecule has 0 aromatic rings. The molecule has 1 saturated heterocycles. The summed E-state index contributed by atoms with van der Waals surface area (Å²) >= 11 is 0. The van der Waals surface area contributed by atoms with E-state index in [0.29, 0.717) is 42.3 Å². The predicted molar refractivity (Wildman–Crippen MR) is 149 cm³/mol. The Hall–Kier alpha value is -0.610. The van der Waals surface area contributed by atoms with E-state index in [-0.39, 0.29) is 24.0 Å². The number of ketones is 1. The number of aliphatic hydroxyl groups is 5. The Labute approximate surface area is 239 Å². The van der Waals surface area contributed by atoms with Crippen LogP contribution in [0.1, 0.15) is 97.8 Å². The van der Waals surface area contributed by atoms with E-state index in [1.54, 1.807) is 0 Å². The third-order valence-electron chi connectivity index (χ3n) is 12.6. The molecule has 0 bridgehead atoms. The molecule has 40 heavy (non-hydrogen) atoms. The minimum Gasteiger partial charge on any atom is -0.394 e. The molecule has 5 rings (SSSR count). The number of carbonyl (C=O) groups excluding carboxylic acids is 1. The van der Waals surface area contributed by atoms with Crippen molar-refractivity contribution in [2.24, 2.45) is 46.3 Å². The average Bonchev–Trinajstić information content (AvgIpc) is 3.26. The number of aliphatic hydroxyl groups excluding tert-OH is 5. The van der Waals surface area contributed by atoms with Gasteiger partial charge in [0.25, 0.3) is 0 Å². The molecule has 1 aliphatic heterocycles. The van der Waals surface area contributed by atoms with Crippen LogP contribution in [0.3, 0.4) is 0 Å². The molecule has 0 spiro atoms. The van der Waals surface area contributed by atoms with Crippen LogP contribution in [0.2, 0.25) is 0 Å². The molecule has 4 aliphatic carbocycles. The molecular weight excluding hydrogens is 512 g/mol. The van der Waals surface area contributed by atoms with Crippen LogP contribution in [0.15, 0.2) is 0 Å². The van der Waals surface area contributed by atoms with Gasteiger partial charge in [0, 0.05) is 12.8 Å². The van der Waals surface area contributed by atoms with Crippen molar-refractivity contribution in [2.75, 3.05) is 13.2 Å². The van der Waals surface area contributed by atoms with Crippen LogP contribution in [0.25, 0.3) is 0 Å². The maximum atomic E-state index is 13.2. The molecule has 14 atom stereocenters. The Morgan fingerprint density at radius 1 is 0.925 bits per heavy atom. The Morgan fingerprint density at radius 3 is 2.40 bits per heavy atom. The number of hydrogen-bond acceptors (Lipinski definition) is 8. The topological polar surface area (TPSA) is 137 Å². The van der Waals surface area contributed by atoms with Crippen molar-refractivity contribution < 1.29 is 39.8 Å². The molecule has 0 aromatic heterocycles. The van der Waals surface area contributed by atoms with Crippen molar-refractivity contribution >= 4 is 5.78 Å². The van der Waals surface area contributed by atoms with E-state index in [0.717, 1.165) is 37.0 Å². The summed E-state index contributed by atoms with van der Waals surface area (Å²) in [6.45, 7) is 6.77. The van der Waals surface area contributed by atoms with E-state index in [9.17, 15) is 30.3 Å². The number of rotatable bonds is 9. The highest BCUT2D eigenvalue weighted by atomic mass is 16.7. The second kappa shape index (κ2) is 12.2. The van der Waals surface area contributed by atoms with Gasteiger partial charge in [-0.05, 0) is 111 Å². The molecule has 0 amide bonds. The SMILES string of the molecule is CC(CCC(=O)CC1CCC2C3CCC4CC(O)CCC4(C)C3CCC12C)COC1OC(CO)C(O)C(O)C1O. The molecule has 8 nitrogen and oxygen atoms in total. The summed E-state index contributed by atoms with van der Waals surface area (Å²) in [7, 11) is 0. The van der Waals surface area contributed by atoms with Gasteiger partial charge in [-0.25, -0.2) is 0 Å². The molecule has 5 aliphatic rings. The first-order valence-electron chi connectivity index (χ1n) is 16.1. The highest BCUT2D eigenvalue weighted by Gasteiger charge is 2.60. The number of fused-ring (bicyclic) bond motifs is 5. The number of Topliss-reactive ketones (excluding diaryl/α,β-unsaturated/α-hetero) is 1. The molecule has 8 heteroatoms. The Kier molecular flexibility index (Phi) is 9.39. The van der Waals surface area contributed by atoms with Crippen molar-refractivity contribution in [3.8, 4) is 0 Å². The van der Waals surface area contributed by atoms with E-state index >= 15 is 0 Å². The first-order chi connectivity index (χ1) is 19.0. The van der Waals surface area contributed by atoms with Crippen LogP contribution in [0, 0.1) is 46.3 Å². The summed E-state index contributed by atoms with van der Waals surface area (Å²) in [6.07, 6.45) is 5.96. The minimum atomic E-state index is -1.45. The lowest BCUT2D eigenvalue weighted by atomic mass is 9.44. The highest BCUT2D eigenvalue weighted by Crippen LogP contribution is 2.67. The fourth-order valence-electron chi connectivity index (χ4n) is 10.0. The maximum absolute atomic E-state index is 13.2. The van der Waals surface area contributed by atoms with E-state index in [1.807, 2.05) is 6.92 Å². The van der Waals surface area contributed by atoms with Gasteiger partial charge in [0.1, 0.15) is 30.2 Å².